The normalized spacial score (nSPS) is 24.9. The molecule has 2 bridgehead atoms. The predicted octanol–water partition coefficient (Wildman–Crippen LogP) is 0.474. The first-order valence-corrected chi connectivity index (χ1v) is 8.95. The van der Waals surface area contributed by atoms with Gasteiger partial charge in [-0.05, 0) is 31.6 Å². The zero-order valence-electron chi connectivity index (χ0n) is 13.9. The van der Waals surface area contributed by atoms with E-state index in [4.69, 9.17) is 0 Å². The Morgan fingerprint density at radius 3 is 2.64 bits per heavy atom. The maximum Gasteiger partial charge on any atom is 0.345 e. The molecule has 1 saturated carbocycles. The van der Waals surface area contributed by atoms with Crippen molar-refractivity contribution in [3.63, 3.8) is 0 Å². The molecule has 1 amide bonds. The van der Waals surface area contributed by atoms with E-state index in [2.05, 4.69) is 15.1 Å². The van der Waals surface area contributed by atoms with Crippen LogP contribution in [0.1, 0.15) is 41.9 Å². The van der Waals surface area contributed by atoms with Crippen LogP contribution in [-0.2, 0) is 19.5 Å². The molecule has 130 valence electrons. The average molecular weight is 340 g/mol. The highest BCUT2D eigenvalue weighted by Gasteiger charge is 2.41. The van der Waals surface area contributed by atoms with Crippen LogP contribution in [-0.4, -0.2) is 47.2 Å². The largest absolute Gasteiger partial charge is 0.345 e. The summed E-state index contributed by atoms with van der Waals surface area (Å²) in [5.74, 6) is 1.39. The fraction of sp³-hybridized carbons (Fsp3) is 0.588. The van der Waals surface area contributed by atoms with Gasteiger partial charge in [0.1, 0.15) is 12.2 Å². The van der Waals surface area contributed by atoms with Gasteiger partial charge in [-0.15, -0.1) is 0 Å². The van der Waals surface area contributed by atoms with Crippen molar-refractivity contribution in [2.45, 2.75) is 57.3 Å². The summed E-state index contributed by atoms with van der Waals surface area (Å²) in [6, 6.07) is 0.130. The van der Waals surface area contributed by atoms with E-state index in [0.29, 0.717) is 24.4 Å². The van der Waals surface area contributed by atoms with Crippen LogP contribution in [0.5, 0.6) is 0 Å². The molecule has 2 aromatic rings. The molecule has 2 aliphatic heterocycles. The van der Waals surface area contributed by atoms with Crippen molar-refractivity contribution in [3.8, 4) is 0 Å². The van der Waals surface area contributed by atoms with Gasteiger partial charge in [0.05, 0.1) is 11.6 Å². The number of hydrogen-bond acceptors (Lipinski definition) is 5. The maximum absolute atomic E-state index is 12.9. The fourth-order valence-electron chi connectivity index (χ4n) is 4.14. The van der Waals surface area contributed by atoms with Gasteiger partial charge in [0, 0.05) is 37.9 Å². The van der Waals surface area contributed by atoms with Crippen molar-refractivity contribution in [1.82, 2.24) is 29.2 Å². The fourth-order valence-corrected chi connectivity index (χ4v) is 4.14. The van der Waals surface area contributed by atoms with E-state index in [1.165, 1.54) is 19.2 Å². The minimum atomic E-state index is -0.0443. The molecule has 1 aliphatic carbocycles. The Labute approximate surface area is 144 Å². The summed E-state index contributed by atoms with van der Waals surface area (Å²) in [5, 5.41) is 4.58. The maximum atomic E-state index is 12.9. The van der Waals surface area contributed by atoms with Crippen LogP contribution in [0, 0.1) is 5.92 Å². The van der Waals surface area contributed by atoms with Crippen molar-refractivity contribution < 1.29 is 4.79 Å². The topological polar surface area (TPSA) is 85.9 Å². The first kappa shape index (κ1) is 14.8. The van der Waals surface area contributed by atoms with Crippen LogP contribution in [0.3, 0.4) is 0 Å². The summed E-state index contributed by atoms with van der Waals surface area (Å²) in [7, 11) is 0. The lowest BCUT2D eigenvalue weighted by Gasteiger charge is -2.27. The van der Waals surface area contributed by atoms with Crippen molar-refractivity contribution in [1.29, 1.82) is 0 Å². The lowest BCUT2D eigenvalue weighted by molar-refractivity contribution is 0.0664. The molecule has 25 heavy (non-hydrogen) atoms. The highest BCUT2D eigenvalue weighted by Crippen LogP contribution is 2.32. The SMILES string of the molecule is O=C(c1cncnc1)N1C2CCC1Cn1c(nn(CC3CC3)c1=O)C2. The van der Waals surface area contributed by atoms with E-state index in [9.17, 15) is 9.59 Å². The standard InChI is InChI=1S/C17H20N6O2/c24-16(12-6-18-10-19-7-12)23-13-3-4-14(23)9-21-15(5-13)20-22(17(21)25)8-11-1-2-11/h6-7,10-11,13-14H,1-5,8-9H2. The number of amides is 1. The van der Waals surface area contributed by atoms with Crippen LogP contribution in [0.4, 0.5) is 0 Å². The van der Waals surface area contributed by atoms with Crippen LogP contribution >= 0.6 is 0 Å². The Kier molecular flexibility index (Phi) is 3.26. The van der Waals surface area contributed by atoms with Crippen LogP contribution in [0.15, 0.2) is 23.5 Å². The number of aromatic nitrogens is 5. The summed E-state index contributed by atoms with van der Waals surface area (Å²) >= 11 is 0. The molecule has 4 heterocycles. The molecule has 0 radical (unpaired) electrons. The third-order valence-corrected chi connectivity index (χ3v) is 5.60. The Hall–Kier alpha value is -2.51. The van der Waals surface area contributed by atoms with Gasteiger partial charge in [0.2, 0.25) is 0 Å². The zero-order valence-corrected chi connectivity index (χ0v) is 13.9. The minimum absolute atomic E-state index is 0.0232. The van der Waals surface area contributed by atoms with E-state index < -0.39 is 0 Å². The Morgan fingerprint density at radius 1 is 1.12 bits per heavy atom. The number of carbonyl (C=O) groups is 1. The number of rotatable bonds is 3. The van der Waals surface area contributed by atoms with Gasteiger partial charge in [-0.1, -0.05) is 0 Å². The molecule has 5 rings (SSSR count). The van der Waals surface area contributed by atoms with Crippen LogP contribution < -0.4 is 5.69 Å². The zero-order chi connectivity index (χ0) is 17.0. The molecule has 2 unspecified atom stereocenters. The van der Waals surface area contributed by atoms with Gasteiger partial charge in [-0.25, -0.2) is 19.4 Å². The lowest BCUT2D eigenvalue weighted by atomic mass is 10.1. The third kappa shape index (κ3) is 2.47. The van der Waals surface area contributed by atoms with Gasteiger partial charge in [-0.3, -0.25) is 9.36 Å². The molecule has 1 saturated heterocycles. The van der Waals surface area contributed by atoms with Crippen molar-refractivity contribution in [2.24, 2.45) is 5.92 Å². The number of carbonyl (C=O) groups excluding carboxylic acids is 1. The molecular formula is C17H20N6O2. The molecular weight excluding hydrogens is 320 g/mol. The number of fused-ring (bicyclic) bond motifs is 3. The summed E-state index contributed by atoms with van der Waals surface area (Å²) in [5.41, 5.74) is 0.481. The summed E-state index contributed by atoms with van der Waals surface area (Å²) in [6.45, 7) is 1.27. The molecule has 2 atom stereocenters. The minimum Gasteiger partial charge on any atom is -0.330 e. The van der Waals surface area contributed by atoms with E-state index in [1.54, 1.807) is 21.6 Å². The molecule has 3 aliphatic rings. The summed E-state index contributed by atoms with van der Waals surface area (Å²) in [6.07, 6.45) is 9.44. The molecule has 0 spiro atoms. The number of hydrogen-bond donors (Lipinski definition) is 0. The molecule has 2 fully saturated rings. The van der Waals surface area contributed by atoms with Crippen molar-refractivity contribution in [3.05, 3.63) is 40.6 Å². The smallest absolute Gasteiger partial charge is 0.330 e. The van der Waals surface area contributed by atoms with E-state index >= 15 is 0 Å². The summed E-state index contributed by atoms with van der Waals surface area (Å²) < 4.78 is 3.42. The highest BCUT2D eigenvalue weighted by molar-refractivity contribution is 5.94. The molecule has 0 N–H and O–H groups in total. The quantitative estimate of drug-likeness (QED) is 0.811. The van der Waals surface area contributed by atoms with Gasteiger partial charge in [-0.2, -0.15) is 5.10 Å². The third-order valence-electron chi connectivity index (χ3n) is 5.60. The lowest BCUT2D eigenvalue weighted by Crippen LogP contribution is -2.43. The first-order chi connectivity index (χ1) is 12.2. The summed E-state index contributed by atoms with van der Waals surface area (Å²) in [4.78, 5) is 35.5. The Bertz CT molecular complexity index is 869. The van der Waals surface area contributed by atoms with E-state index in [1.807, 2.05) is 4.90 Å². The molecule has 8 heteroatoms. The van der Waals surface area contributed by atoms with Gasteiger partial charge in [0.15, 0.2) is 0 Å². The molecule has 8 nitrogen and oxygen atoms in total. The molecule has 2 aromatic heterocycles. The van der Waals surface area contributed by atoms with E-state index in [0.717, 1.165) is 25.2 Å². The first-order valence-electron chi connectivity index (χ1n) is 8.95. The second-order valence-electron chi connectivity index (χ2n) is 7.36. The number of nitrogens with zero attached hydrogens (tertiary/aromatic N) is 6. The van der Waals surface area contributed by atoms with E-state index in [-0.39, 0.29) is 23.7 Å². The van der Waals surface area contributed by atoms with Gasteiger partial charge in [0.25, 0.3) is 5.91 Å². The van der Waals surface area contributed by atoms with Gasteiger partial charge >= 0.3 is 5.69 Å². The molecule has 0 aromatic carbocycles. The Morgan fingerprint density at radius 2 is 1.88 bits per heavy atom. The highest BCUT2D eigenvalue weighted by atomic mass is 16.2. The van der Waals surface area contributed by atoms with Gasteiger partial charge < -0.3 is 4.90 Å². The average Bonchev–Trinajstić information content (AvgIpc) is 3.32. The van der Waals surface area contributed by atoms with Crippen molar-refractivity contribution >= 4 is 5.91 Å². The second-order valence-corrected chi connectivity index (χ2v) is 7.36. The Balaban J connectivity index is 1.45. The predicted molar refractivity (Wildman–Crippen MR) is 87.9 cm³/mol. The second kappa shape index (κ2) is 5.50. The van der Waals surface area contributed by atoms with Crippen LogP contribution in [0.25, 0.3) is 0 Å². The van der Waals surface area contributed by atoms with Crippen molar-refractivity contribution in [2.75, 3.05) is 0 Å². The monoisotopic (exact) mass is 340 g/mol. The van der Waals surface area contributed by atoms with Crippen LogP contribution in [0.2, 0.25) is 0 Å².